The van der Waals surface area contributed by atoms with Crippen molar-refractivity contribution in [2.75, 3.05) is 16.7 Å². The zero-order valence-electron chi connectivity index (χ0n) is 17.2. The average molecular weight is 449 g/mol. The van der Waals surface area contributed by atoms with Crippen LogP contribution >= 0.6 is 0 Å². The number of fused-ring (bicyclic) bond motifs is 1. The predicted octanol–water partition coefficient (Wildman–Crippen LogP) is 2.86. The Balaban J connectivity index is 1.54. The van der Waals surface area contributed by atoms with E-state index in [1.165, 1.54) is 29.7 Å². The standard InChI is InChI=1S/C23H20N4O4S/c1-26(19-10-3-2-4-11-19)32(30,31)20-12-7-9-18(14-20)25-22(28)16-27-23(29)21-13-6-5-8-17(21)15-24-27/h2-15H,16H2,1H3,(H,25,28). The first-order valence-electron chi connectivity index (χ1n) is 9.75. The summed E-state index contributed by atoms with van der Waals surface area (Å²) in [5, 5.41) is 7.83. The number of hydrogen-bond acceptors (Lipinski definition) is 5. The van der Waals surface area contributed by atoms with Crippen molar-refractivity contribution in [3.05, 3.63) is 95.4 Å². The third-order valence-corrected chi connectivity index (χ3v) is 6.73. The Morgan fingerprint density at radius 2 is 1.72 bits per heavy atom. The lowest BCUT2D eigenvalue weighted by Gasteiger charge is -2.20. The zero-order valence-corrected chi connectivity index (χ0v) is 18.0. The van der Waals surface area contributed by atoms with Gasteiger partial charge in [-0.05, 0) is 36.4 Å². The number of para-hydroxylation sites is 1. The molecule has 162 valence electrons. The molecular weight excluding hydrogens is 428 g/mol. The molecule has 9 heteroatoms. The van der Waals surface area contributed by atoms with Gasteiger partial charge >= 0.3 is 0 Å². The van der Waals surface area contributed by atoms with Gasteiger partial charge in [0.2, 0.25) is 5.91 Å². The van der Waals surface area contributed by atoms with Gasteiger partial charge in [0.05, 0.1) is 22.2 Å². The van der Waals surface area contributed by atoms with Crippen molar-refractivity contribution in [2.45, 2.75) is 11.4 Å². The smallest absolute Gasteiger partial charge is 0.275 e. The van der Waals surface area contributed by atoms with Crippen molar-refractivity contribution >= 4 is 38.1 Å². The summed E-state index contributed by atoms with van der Waals surface area (Å²) in [4.78, 5) is 25.1. The number of anilines is 2. The first-order chi connectivity index (χ1) is 15.4. The highest BCUT2D eigenvalue weighted by Gasteiger charge is 2.21. The van der Waals surface area contributed by atoms with Crippen LogP contribution in [-0.2, 0) is 21.4 Å². The minimum atomic E-state index is -3.83. The third kappa shape index (κ3) is 4.23. The zero-order chi connectivity index (χ0) is 22.7. The van der Waals surface area contributed by atoms with E-state index in [4.69, 9.17) is 0 Å². The number of rotatable bonds is 6. The summed E-state index contributed by atoms with van der Waals surface area (Å²) in [5.74, 6) is -0.499. The number of carbonyl (C=O) groups excluding carboxylic acids is 1. The summed E-state index contributed by atoms with van der Waals surface area (Å²) < 4.78 is 28.2. The second-order valence-electron chi connectivity index (χ2n) is 7.08. The Kier molecular flexibility index (Phi) is 5.74. The molecular formula is C23H20N4O4S. The van der Waals surface area contributed by atoms with Crippen LogP contribution in [0.4, 0.5) is 11.4 Å². The second-order valence-corrected chi connectivity index (χ2v) is 9.05. The molecule has 0 aliphatic carbocycles. The van der Waals surface area contributed by atoms with Crippen LogP contribution in [0.5, 0.6) is 0 Å². The van der Waals surface area contributed by atoms with E-state index < -0.39 is 15.9 Å². The van der Waals surface area contributed by atoms with Crippen LogP contribution in [0.15, 0.2) is 94.7 Å². The molecule has 0 saturated carbocycles. The molecule has 0 bridgehead atoms. The predicted molar refractivity (Wildman–Crippen MR) is 123 cm³/mol. The van der Waals surface area contributed by atoms with Crippen LogP contribution < -0.4 is 15.2 Å². The molecule has 32 heavy (non-hydrogen) atoms. The highest BCUT2D eigenvalue weighted by atomic mass is 32.2. The van der Waals surface area contributed by atoms with Crippen molar-refractivity contribution in [1.82, 2.24) is 9.78 Å². The van der Waals surface area contributed by atoms with Crippen LogP contribution in [0.1, 0.15) is 0 Å². The second kappa shape index (κ2) is 8.64. The lowest BCUT2D eigenvalue weighted by molar-refractivity contribution is -0.117. The first-order valence-corrected chi connectivity index (χ1v) is 11.2. The van der Waals surface area contributed by atoms with Crippen LogP contribution in [0, 0.1) is 0 Å². The summed E-state index contributed by atoms with van der Waals surface area (Å²) >= 11 is 0. The Morgan fingerprint density at radius 3 is 2.50 bits per heavy atom. The summed E-state index contributed by atoms with van der Waals surface area (Å²) in [6, 6.07) is 21.6. The average Bonchev–Trinajstić information content (AvgIpc) is 2.81. The molecule has 0 spiro atoms. The molecule has 0 saturated heterocycles. The molecule has 0 fully saturated rings. The molecule has 0 radical (unpaired) electrons. The van der Waals surface area contributed by atoms with E-state index in [9.17, 15) is 18.0 Å². The van der Waals surface area contributed by atoms with Crippen molar-refractivity contribution in [2.24, 2.45) is 0 Å². The lowest BCUT2D eigenvalue weighted by atomic mass is 10.2. The van der Waals surface area contributed by atoms with Gasteiger partial charge < -0.3 is 5.32 Å². The summed E-state index contributed by atoms with van der Waals surface area (Å²) in [6.07, 6.45) is 1.52. The Bertz CT molecular complexity index is 1450. The molecule has 3 aromatic carbocycles. The number of nitrogens with zero attached hydrogens (tertiary/aromatic N) is 3. The van der Waals surface area contributed by atoms with Gasteiger partial charge in [0.1, 0.15) is 6.54 Å². The highest BCUT2D eigenvalue weighted by molar-refractivity contribution is 7.92. The van der Waals surface area contributed by atoms with Gasteiger partial charge in [-0.1, -0.05) is 42.5 Å². The van der Waals surface area contributed by atoms with E-state index in [1.807, 2.05) is 0 Å². The monoisotopic (exact) mass is 448 g/mol. The van der Waals surface area contributed by atoms with Crippen LogP contribution in [0.2, 0.25) is 0 Å². The van der Waals surface area contributed by atoms with Gasteiger partial charge in [0.25, 0.3) is 15.6 Å². The van der Waals surface area contributed by atoms with Crippen molar-refractivity contribution in [3.8, 4) is 0 Å². The summed E-state index contributed by atoms with van der Waals surface area (Å²) in [6.45, 7) is -0.301. The van der Waals surface area contributed by atoms with Gasteiger partial charge in [-0.25, -0.2) is 13.1 Å². The van der Waals surface area contributed by atoms with E-state index in [-0.39, 0.29) is 17.0 Å². The highest BCUT2D eigenvalue weighted by Crippen LogP contribution is 2.23. The number of nitrogens with one attached hydrogen (secondary N) is 1. The number of sulfonamides is 1. The van der Waals surface area contributed by atoms with Crippen molar-refractivity contribution in [3.63, 3.8) is 0 Å². The van der Waals surface area contributed by atoms with E-state index in [2.05, 4.69) is 10.4 Å². The number of carbonyl (C=O) groups is 1. The quantitative estimate of drug-likeness (QED) is 0.489. The fourth-order valence-corrected chi connectivity index (χ4v) is 4.49. The fraction of sp³-hybridized carbons (Fsp3) is 0.0870. The SMILES string of the molecule is CN(c1ccccc1)S(=O)(=O)c1cccc(NC(=O)Cn2ncc3ccccc3c2=O)c1. The Morgan fingerprint density at radius 1 is 1.00 bits per heavy atom. The van der Waals surface area contributed by atoms with Crippen LogP contribution in [0.25, 0.3) is 10.8 Å². The minimum absolute atomic E-state index is 0.0302. The van der Waals surface area contributed by atoms with Gasteiger partial charge in [-0.2, -0.15) is 5.10 Å². The lowest BCUT2D eigenvalue weighted by Crippen LogP contribution is -2.29. The molecule has 1 heterocycles. The van der Waals surface area contributed by atoms with Gasteiger partial charge in [0, 0.05) is 18.1 Å². The summed E-state index contributed by atoms with van der Waals surface area (Å²) in [5.41, 5.74) is 0.439. The molecule has 0 aliphatic heterocycles. The van der Waals surface area contributed by atoms with E-state index >= 15 is 0 Å². The topological polar surface area (TPSA) is 101 Å². The minimum Gasteiger partial charge on any atom is -0.324 e. The van der Waals surface area contributed by atoms with Crippen LogP contribution in [-0.4, -0.2) is 31.2 Å². The maximum absolute atomic E-state index is 13.0. The van der Waals surface area contributed by atoms with Crippen molar-refractivity contribution < 1.29 is 13.2 Å². The van der Waals surface area contributed by atoms with Gasteiger partial charge in [-0.15, -0.1) is 0 Å². The molecule has 1 aromatic heterocycles. The number of benzene rings is 3. The number of aromatic nitrogens is 2. The molecule has 0 atom stereocenters. The maximum Gasteiger partial charge on any atom is 0.275 e. The van der Waals surface area contributed by atoms with E-state index in [1.54, 1.807) is 66.7 Å². The van der Waals surface area contributed by atoms with Crippen LogP contribution in [0.3, 0.4) is 0 Å². The normalized spacial score (nSPS) is 11.3. The molecule has 4 rings (SSSR count). The van der Waals surface area contributed by atoms with Gasteiger partial charge in [-0.3, -0.25) is 13.9 Å². The Labute approximate surface area is 184 Å². The van der Waals surface area contributed by atoms with E-state index in [0.717, 1.165) is 4.68 Å². The molecule has 1 N–H and O–H groups in total. The summed E-state index contributed by atoms with van der Waals surface area (Å²) in [7, 11) is -2.36. The van der Waals surface area contributed by atoms with E-state index in [0.29, 0.717) is 22.1 Å². The Hall–Kier alpha value is -3.98. The molecule has 0 aliphatic rings. The van der Waals surface area contributed by atoms with Crippen molar-refractivity contribution in [1.29, 1.82) is 0 Å². The van der Waals surface area contributed by atoms with Gasteiger partial charge in [0.15, 0.2) is 0 Å². The maximum atomic E-state index is 13.0. The molecule has 0 unspecified atom stereocenters. The first kappa shape index (κ1) is 21.3. The molecule has 8 nitrogen and oxygen atoms in total. The molecule has 4 aromatic rings. The molecule has 1 amide bonds. The number of amides is 1. The number of hydrogen-bond donors (Lipinski definition) is 1. The third-order valence-electron chi connectivity index (χ3n) is 4.95. The fourth-order valence-electron chi connectivity index (χ4n) is 3.25. The largest absolute Gasteiger partial charge is 0.324 e.